The highest BCUT2D eigenvalue weighted by atomic mass is 16.1. The molecule has 0 atom stereocenters. The lowest BCUT2D eigenvalue weighted by molar-refractivity contribution is 0.0951. The van der Waals surface area contributed by atoms with Crippen molar-refractivity contribution in [3.63, 3.8) is 0 Å². The van der Waals surface area contributed by atoms with Gasteiger partial charge in [0.1, 0.15) is 5.82 Å². The van der Waals surface area contributed by atoms with E-state index in [1.165, 1.54) is 0 Å². The number of imidazole rings is 1. The van der Waals surface area contributed by atoms with Crippen LogP contribution in [0.4, 0.5) is 5.82 Å². The normalized spacial score (nSPS) is 13.8. The predicted octanol–water partition coefficient (Wildman–Crippen LogP) is 2.80. The molecule has 1 aliphatic rings. The van der Waals surface area contributed by atoms with E-state index in [4.69, 9.17) is 0 Å². The van der Waals surface area contributed by atoms with Crippen LogP contribution in [0.2, 0.25) is 0 Å². The zero-order valence-corrected chi connectivity index (χ0v) is 14.5. The Morgan fingerprint density at radius 2 is 1.88 bits per heavy atom. The molecule has 6 nitrogen and oxygen atoms in total. The standard InChI is InChI=1S/C20H21N5O/c26-20(18-4-3-9-22-19(18)24-11-1-2-12-24)23-14-16-5-7-17(8-6-16)25-13-10-21-15-25/h3-10,13,15H,1-2,11-12,14H2,(H,23,26). The van der Waals surface area contributed by atoms with Crippen molar-refractivity contribution in [3.05, 3.63) is 72.4 Å². The van der Waals surface area contributed by atoms with Crippen LogP contribution < -0.4 is 10.2 Å². The fraction of sp³-hybridized carbons (Fsp3) is 0.250. The number of pyridine rings is 1. The number of hydrogen-bond donors (Lipinski definition) is 1. The minimum absolute atomic E-state index is 0.0845. The van der Waals surface area contributed by atoms with E-state index >= 15 is 0 Å². The number of rotatable bonds is 5. The van der Waals surface area contributed by atoms with E-state index in [1.54, 1.807) is 18.7 Å². The molecular formula is C20H21N5O. The monoisotopic (exact) mass is 347 g/mol. The maximum atomic E-state index is 12.7. The Bertz CT molecular complexity index is 867. The molecule has 132 valence electrons. The van der Waals surface area contributed by atoms with Crippen LogP contribution >= 0.6 is 0 Å². The van der Waals surface area contributed by atoms with Crippen LogP contribution in [0.5, 0.6) is 0 Å². The van der Waals surface area contributed by atoms with Crippen molar-refractivity contribution in [1.29, 1.82) is 0 Å². The Morgan fingerprint density at radius 3 is 2.62 bits per heavy atom. The summed E-state index contributed by atoms with van der Waals surface area (Å²) >= 11 is 0. The molecule has 0 unspecified atom stereocenters. The van der Waals surface area contributed by atoms with Gasteiger partial charge in [0.25, 0.3) is 5.91 Å². The molecule has 0 radical (unpaired) electrons. The van der Waals surface area contributed by atoms with Gasteiger partial charge in [0, 0.05) is 43.9 Å². The van der Waals surface area contributed by atoms with Gasteiger partial charge in [-0.25, -0.2) is 9.97 Å². The van der Waals surface area contributed by atoms with Gasteiger partial charge in [-0.3, -0.25) is 4.79 Å². The number of anilines is 1. The maximum Gasteiger partial charge on any atom is 0.255 e. The van der Waals surface area contributed by atoms with Crippen LogP contribution in [0.25, 0.3) is 5.69 Å². The van der Waals surface area contributed by atoms with Gasteiger partial charge in [-0.05, 0) is 42.7 Å². The molecule has 1 amide bonds. The minimum Gasteiger partial charge on any atom is -0.356 e. The Balaban J connectivity index is 1.43. The van der Waals surface area contributed by atoms with Gasteiger partial charge in [-0.15, -0.1) is 0 Å². The van der Waals surface area contributed by atoms with Crippen molar-refractivity contribution < 1.29 is 4.79 Å². The summed E-state index contributed by atoms with van der Waals surface area (Å²) in [7, 11) is 0. The largest absolute Gasteiger partial charge is 0.356 e. The van der Waals surface area contributed by atoms with Crippen molar-refractivity contribution in [2.24, 2.45) is 0 Å². The second-order valence-electron chi connectivity index (χ2n) is 6.39. The van der Waals surface area contributed by atoms with Gasteiger partial charge >= 0.3 is 0 Å². The molecular weight excluding hydrogens is 326 g/mol. The zero-order valence-electron chi connectivity index (χ0n) is 14.5. The smallest absolute Gasteiger partial charge is 0.255 e. The first-order valence-corrected chi connectivity index (χ1v) is 8.87. The minimum atomic E-state index is -0.0845. The Kier molecular flexibility index (Phi) is 4.64. The molecule has 1 saturated heterocycles. The molecule has 4 rings (SSSR count). The Hall–Kier alpha value is -3.15. The second kappa shape index (κ2) is 7.39. The number of aromatic nitrogens is 3. The fourth-order valence-corrected chi connectivity index (χ4v) is 3.23. The highest BCUT2D eigenvalue weighted by Crippen LogP contribution is 2.22. The Morgan fingerprint density at radius 1 is 1.08 bits per heavy atom. The SMILES string of the molecule is O=C(NCc1ccc(-n2ccnc2)cc1)c1cccnc1N1CCCC1. The summed E-state index contributed by atoms with van der Waals surface area (Å²) in [4.78, 5) is 23.3. The number of carbonyl (C=O) groups is 1. The van der Waals surface area contributed by atoms with E-state index in [2.05, 4.69) is 20.2 Å². The first-order chi connectivity index (χ1) is 12.8. The molecule has 2 aromatic heterocycles. The molecule has 0 aliphatic carbocycles. The summed E-state index contributed by atoms with van der Waals surface area (Å²) in [5.74, 6) is 0.705. The average Bonchev–Trinajstić information content (AvgIpc) is 3.40. The molecule has 1 fully saturated rings. The molecule has 26 heavy (non-hydrogen) atoms. The number of amides is 1. The van der Waals surface area contributed by atoms with E-state index in [0.717, 1.165) is 43.0 Å². The predicted molar refractivity (Wildman–Crippen MR) is 100 cm³/mol. The molecule has 3 heterocycles. The van der Waals surface area contributed by atoms with E-state index in [1.807, 2.05) is 47.2 Å². The molecule has 0 saturated carbocycles. The van der Waals surface area contributed by atoms with Gasteiger partial charge in [-0.2, -0.15) is 0 Å². The van der Waals surface area contributed by atoms with Gasteiger partial charge in [0.2, 0.25) is 0 Å². The highest BCUT2D eigenvalue weighted by molar-refractivity contribution is 5.98. The Labute approximate surface area is 152 Å². The summed E-state index contributed by atoms with van der Waals surface area (Å²) in [6, 6.07) is 11.7. The molecule has 1 aromatic carbocycles. The van der Waals surface area contributed by atoms with Crippen molar-refractivity contribution >= 4 is 11.7 Å². The van der Waals surface area contributed by atoms with Gasteiger partial charge in [0.05, 0.1) is 11.9 Å². The highest BCUT2D eigenvalue weighted by Gasteiger charge is 2.20. The first kappa shape index (κ1) is 16.3. The van der Waals surface area contributed by atoms with E-state index in [-0.39, 0.29) is 5.91 Å². The topological polar surface area (TPSA) is 63.1 Å². The summed E-state index contributed by atoms with van der Waals surface area (Å²) in [5.41, 5.74) is 2.74. The van der Waals surface area contributed by atoms with E-state index in [0.29, 0.717) is 12.1 Å². The summed E-state index contributed by atoms with van der Waals surface area (Å²) in [5, 5.41) is 3.01. The lowest BCUT2D eigenvalue weighted by atomic mass is 10.2. The van der Waals surface area contributed by atoms with Crippen molar-refractivity contribution in [2.75, 3.05) is 18.0 Å². The van der Waals surface area contributed by atoms with Gasteiger partial charge in [-0.1, -0.05) is 12.1 Å². The first-order valence-electron chi connectivity index (χ1n) is 8.87. The van der Waals surface area contributed by atoms with Gasteiger partial charge in [0.15, 0.2) is 0 Å². The molecule has 1 aliphatic heterocycles. The van der Waals surface area contributed by atoms with Crippen LogP contribution in [0.3, 0.4) is 0 Å². The van der Waals surface area contributed by atoms with Crippen LogP contribution in [-0.4, -0.2) is 33.5 Å². The number of benzene rings is 1. The molecule has 0 bridgehead atoms. The van der Waals surface area contributed by atoms with E-state index in [9.17, 15) is 4.79 Å². The summed E-state index contributed by atoms with van der Waals surface area (Å²) < 4.78 is 1.94. The van der Waals surface area contributed by atoms with Crippen LogP contribution in [-0.2, 0) is 6.54 Å². The van der Waals surface area contributed by atoms with Crippen molar-refractivity contribution in [3.8, 4) is 5.69 Å². The van der Waals surface area contributed by atoms with Crippen LogP contribution in [0, 0.1) is 0 Å². The molecule has 6 heteroatoms. The van der Waals surface area contributed by atoms with Crippen LogP contribution in [0.15, 0.2) is 61.3 Å². The van der Waals surface area contributed by atoms with Crippen molar-refractivity contribution in [1.82, 2.24) is 19.9 Å². The zero-order chi connectivity index (χ0) is 17.8. The maximum absolute atomic E-state index is 12.7. The third-order valence-electron chi connectivity index (χ3n) is 4.63. The fourth-order valence-electron chi connectivity index (χ4n) is 3.23. The lowest BCUT2D eigenvalue weighted by Crippen LogP contribution is -2.27. The number of nitrogens with one attached hydrogen (secondary N) is 1. The average molecular weight is 347 g/mol. The van der Waals surface area contributed by atoms with Crippen molar-refractivity contribution in [2.45, 2.75) is 19.4 Å². The number of hydrogen-bond acceptors (Lipinski definition) is 4. The molecule has 1 N–H and O–H groups in total. The van der Waals surface area contributed by atoms with Gasteiger partial charge < -0.3 is 14.8 Å². The lowest BCUT2D eigenvalue weighted by Gasteiger charge is -2.19. The second-order valence-corrected chi connectivity index (χ2v) is 6.39. The summed E-state index contributed by atoms with van der Waals surface area (Å²) in [6.45, 7) is 2.41. The van der Waals surface area contributed by atoms with Crippen LogP contribution in [0.1, 0.15) is 28.8 Å². The van der Waals surface area contributed by atoms with E-state index < -0.39 is 0 Å². The molecule has 3 aromatic rings. The third-order valence-corrected chi connectivity index (χ3v) is 4.63. The molecule has 0 spiro atoms. The number of nitrogens with zero attached hydrogens (tertiary/aromatic N) is 4. The summed E-state index contributed by atoms with van der Waals surface area (Å²) in [6.07, 6.45) is 9.47. The number of carbonyl (C=O) groups excluding carboxylic acids is 1. The quantitative estimate of drug-likeness (QED) is 0.771. The third kappa shape index (κ3) is 3.44.